The Hall–Kier alpha value is -2.76. The number of rotatable bonds is 5. The highest BCUT2D eigenvalue weighted by atomic mass is 19.1. The topological polar surface area (TPSA) is 63.8 Å². The maximum atomic E-state index is 12.9. The van der Waals surface area contributed by atoms with Crippen molar-refractivity contribution in [2.24, 2.45) is 0 Å². The van der Waals surface area contributed by atoms with Crippen LogP contribution in [0.15, 0.2) is 47.0 Å². The molecule has 1 saturated carbocycles. The molecule has 1 N–H and O–H groups in total. The zero-order chi connectivity index (χ0) is 17.1. The normalized spacial score (nSPS) is 14.8. The molecule has 0 spiro atoms. The van der Waals surface area contributed by atoms with Crippen LogP contribution >= 0.6 is 0 Å². The predicted molar refractivity (Wildman–Crippen MR) is 92.5 cm³/mol. The van der Waals surface area contributed by atoms with Crippen molar-refractivity contribution in [3.05, 3.63) is 59.9 Å². The predicted octanol–water partition coefficient (Wildman–Crippen LogP) is 4.54. The van der Waals surface area contributed by atoms with Gasteiger partial charge in [-0.15, -0.1) is 10.2 Å². The fourth-order valence-corrected chi connectivity index (χ4v) is 3.21. The van der Waals surface area contributed by atoms with E-state index in [1.165, 1.54) is 43.4 Å². The van der Waals surface area contributed by atoms with Gasteiger partial charge in [-0.05, 0) is 54.7 Å². The second-order valence-electron chi connectivity index (χ2n) is 6.32. The van der Waals surface area contributed by atoms with E-state index < -0.39 is 0 Å². The lowest BCUT2D eigenvalue weighted by atomic mass is 9.99. The first-order valence-electron chi connectivity index (χ1n) is 8.56. The molecule has 2 heterocycles. The van der Waals surface area contributed by atoms with Crippen molar-refractivity contribution in [1.82, 2.24) is 15.2 Å². The molecule has 128 valence electrons. The zero-order valence-electron chi connectivity index (χ0n) is 13.8. The molecule has 25 heavy (non-hydrogen) atoms. The number of nitrogens with zero attached hydrogens (tertiary/aromatic N) is 3. The third-order valence-corrected chi connectivity index (χ3v) is 4.59. The highest BCUT2D eigenvalue weighted by Gasteiger charge is 2.18. The lowest BCUT2D eigenvalue weighted by Gasteiger charge is -2.08. The summed E-state index contributed by atoms with van der Waals surface area (Å²) in [6.45, 7) is 0.374. The molecule has 6 heteroatoms. The Morgan fingerprint density at radius 2 is 1.84 bits per heavy atom. The van der Waals surface area contributed by atoms with Crippen LogP contribution in [-0.2, 0) is 6.54 Å². The number of benzene rings is 1. The third kappa shape index (κ3) is 3.68. The lowest BCUT2D eigenvalue weighted by molar-refractivity contribution is 0.513. The van der Waals surface area contributed by atoms with Gasteiger partial charge in [0.25, 0.3) is 5.89 Å². The first-order valence-corrected chi connectivity index (χ1v) is 8.56. The minimum Gasteiger partial charge on any atom is -0.417 e. The molecule has 1 aliphatic rings. The van der Waals surface area contributed by atoms with Gasteiger partial charge >= 0.3 is 0 Å². The van der Waals surface area contributed by atoms with Crippen LogP contribution in [0.2, 0.25) is 0 Å². The van der Waals surface area contributed by atoms with Gasteiger partial charge in [0, 0.05) is 11.9 Å². The summed E-state index contributed by atoms with van der Waals surface area (Å²) in [5.74, 6) is 1.24. The van der Waals surface area contributed by atoms with Crippen LogP contribution in [-0.4, -0.2) is 15.2 Å². The monoisotopic (exact) mass is 338 g/mol. The summed E-state index contributed by atoms with van der Waals surface area (Å²) in [6, 6.07) is 10.2. The van der Waals surface area contributed by atoms with Gasteiger partial charge in [-0.2, -0.15) is 0 Å². The van der Waals surface area contributed by atoms with Crippen molar-refractivity contribution in [2.75, 3.05) is 5.32 Å². The third-order valence-electron chi connectivity index (χ3n) is 4.59. The smallest absolute Gasteiger partial charge is 0.266 e. The average Bonchev–Trinajstić information content (AvgIpc) is 3.34. The Morgan fingerprint density at radius 3 is 2.56 bits per heavy atom. The molecule has 1 aromatic carbocycles. The van der Waals surface area contributed by atoms with Gasteiger partial charge < -0.3 is 9.73 Å². The van der Waals surface area contributed by atoms with E-state index in [9.17, 15) is 4.39 Å². The number of nitrogens with one attached hydrogen (secondary N) is 1. The molecule has 0 saturated heterocycles. The average molecular weight is 338 g/mol. The van der Waals surface area contributed by atoms with Crippen LogP contribution in [0.3, 0.4) is 0 Å². The van der Waals surface area contributed by atoms with E-state index in [-0.39, 0.29) is 5.82 Å². The molecule has 4 rings (SSSR count). The van der Waals surface area contributed by atoms with Gasteiger partial charge in [-0.25, -0.2) is 4.39 Å². The fraction of sp³-hybridized carbons (Fsp3) is 0.316. The highest BCUT2D eigenvalue weighted by Crippen LogP contribution is 2.34. The van der Waals surface area contributed by atoms with Gasteiger partial charge in [-0.3, -0.25) is 4.98 Å². The minimum atomic E-state index is -0.266. The van der Waals surface area contributed by atoms with Crippen LogP contribution in [0.1, 0.15) is 43.1 Å². The largest absolute Gasteiger partial charge is 0.417 e. The van der Waals surface area contributed by atoms with E-state index in [4.69, 9.17) is 4.42 Å². The highest BCUT2D eigenvalue weighted by molar-refractivity contribution is 5.47. The molecule has 3 aromatic rings. The molecular weight excluding hydrogens is 319 g/mol. The second-order valence-corrected chi connectivity index (χ2v) is 6.32. The zero-order valence-corrected chi connectivity index (χ0v) is 13.8. The van der Waals surface area contributed by atoms with Crippen LogP contribution in [0, 0.1) is 5.82 Å². The summed E-state index contributed by atoms with van der Waals surface area (Å²) in [5, 5.41) is 11.2. The van der Waals surface area contributed by atoms with Gasteiger partial charge in [0.05, 0.1) is 6.54 Å². The van der Waals surface area contributed by atoms with Crippen LogP contribution in [0.25, 0.3) is 11.6 Å². The van der Waals surface area contributed by atoms with E-state index >= 15 is 0 Å². The molecule has 0 atom stereocenters. The number of halogens is 1. The van der Waals surface area contributed by atoms with Crippen molar-refractivity contribution in [3.63, 3.8) is 0 Å². The first kappa shape index (κ1) is 15.7. The fourth-order valence-electron chi connectivity index (χ4n) is 3.21. The van der Waals surface area contributed by atoms with E-state index in [2.05, 4.69) is 26.6 Å². The molecular formula is C19H19FN4O. The van der Waals surface area contributed by atoms with E-state index in [1.54, 1.807) is 12.1 Å². The van der Waals surface area contributed by atoms with Gasteiger partial charge in [-0.1, -0.05) is 18.9 Å². The summed E-state index contributed by atoms with van der Waals surface area (Å²) >= 11 is 0. The quantitative estimate of drug-likeness (QED) is 0.740. The Bertz CT molecular complexity index is 823. The minimum absolute atomic E-state index is 0.266. The van der Waals surface area contributed by atoms with Gasteiger partial charge in [0.2, 0.25) is 5.89 Å². The molecule has 0 unspecified atom stereocenters. The Kier molecular flexibility index (Phi) is 4.41. The first-order chi connectivity index (χ1) is 12.3. The van der Waals surface area contributed by atoms with Crippen LogP contribution in [0.4, 0.5) is 10.1 Å². The SMILES string of the molecule is Fc1ccc(NCc2nnc(-c3ccc(C4CCCC4)cn3)o2)cc1. The summed E-state index contributed by atoms with van der Waals surface area (Å²) in [5.41, 5.74) is 2.77. The van der Waals surface area contributed by atoms with Crippen molar-refractivity contribution in [3.8, 4) is 11.6 Å². The molecule has 0 bridgehead atoms. The van der Waals surface area contributed by atoms with E-state index in [0.29, 0.717) is 29.9 Å². The molecule has 5 nitrogen and oxygen atoms in total. The van der Waals surface area contributed by atoms with Crippen molar-refractivity contribution in [1.29, 1.82) is 0 Å². The molecule has 2 aromatic heterocycles. The summed E-state index contributed by atoms with van der Waals surface area (Å²) in [4.78, 5) is 4.48. The maximum absolute atomic E-state index is 12.9. The molecule has 1 fully saturated rings. The van der Waals surface area contributed by atoms with Crippen molar-refractivity contribution >= 4 is 5.69 Å². The number of hydrogen-bond acceptors (Lipinski definition) is 5. The molecule has 0 amide bonds. The number of hydrogen-bond donors (Lipinski definition) is 1. The second kappa shape index (κ2) is 7.01. The van der Waals surface area contributed by atoms with Gasteiger partial charge in [0.15, 0.2) is 0 Å². The number of aromatic nitrogens is 3. The van der Waals surface area contributed by atoms with Crippen LogP contribution in [0.5, 0.6) is 0 Å². The van der Waals surface area contributed by atoms with E-state index in [0.717, 1.165) is 5.69 Å². The summed E-state index contributed by atoms with van der Waals surface area (Å²) in [7, 11) is 0. The van der Waals surface area contributed by atoms with E-state index in [1.807, 2.05) is 12.3 Å². The number of anilines is 1. The molecule has 1 aliphatic carbocycles. The number of pyridine rings is 1. The standard InChI is InChI=1S/C19H19FN4O/c20-15-6-8-16(9-7-15)21-12-18-23-24-19(25-18)17-10-5-14(11-22-17)13-3-1-2-4-13/h5-11,13,21H,1-4,12H2. The molecule has 0 aliphatic heterocycles. The Morgan fingerprint density at radius 1 is 1.04 bits per heavy atom. The van der Waals surface area contributed by atoms with Crippen molar-refractivity contribution < 1.29 is 8.81 Å². The Balaban J connectivity index is 1.41. The van der Waals surface area contributed by atoms with Crippen LogP contribution < -0.4 is 5.32 Å². The summed E-state index contributed by atoms with van der Waals surface area (Å²) < 4.78 is 18.6. The molecule has 0 radical (unpaired) electrons. The maximum Gasteiger partial charge on any atom is 0.266 e. The van der Waals surface area contributed by atoms with Gasteiger partial charge in [0.1, 0.15) is 11.5 Å². The summed E-state index contributed by atoms with van der Waals surface area (Å²) in [6.07, 6.45) is 7.04. The lowest BCUT2D eigenvalue weighted by Crippen LogP contribution is -1.99. The Labute approximate surface area is 145 Å². The van der Waals surface area contributed by atoms with Crippen molar-refractivity contribution in [2.45, 2.75) is 38.1 Å².